The minimum absolute atomic E-state index is 0.00998. The third-order valence-corrected chi connectivity index (χ3v) is 2.62. The van der Waals surface area contributed by atoms with E-state index in [0.717, 1.165) is 0 Å². The van der Waals surface area contributed by atoms with Gasteiger partial charge in [-0.25, -0.2) is 0 Å². The molecule has 1 aliphatic rings. The van der Waals surface area contributed by atoms with Crippen molar-refractivity contribution in [2.24, 2.45) is 5.92 Å². The van der Waals surface area contributed by atoms with Gasteiger partial charge in [0.05, 0.1) is 19.3 Å². The third-order valence-electron chi connectivity index (χ3n) is 2.62. The first-order chi connectivity index (χ1) is 6.24. The lowest BCUT2D eigenvalue weighted by molar-refractivity contribution is 0.114. The van der Waals surface area contributed by atoms with Crippen LogP contribution >= 0.6 is 0 Å². The predicted molar refractivity (Wildman–Crippen MR) is 47.0 cm³/mol. The summed E-state index contributed by atoms with van der Waals surface area (Å²) in [4.78, 5) is 0. The SMILES string of the molecule is OCC[C@H]1C(CO)=C(CO)C[C@@H]1O. The molecule has 4 heteroatoms. The van der Waals surface area contributed by atoms with Crippen molar-refractivity contribution in [2.45, 2.75) is 18.9 Å². The molecule has 0 heterocycles. The van der Waals surface area contributed by atoms with Gasteiger partial charge in [-0.05, 0) is 24.0 Å². The number of hydrogen-bond acceptors (Lipinski definition) is 4. The lowest BCUT2D eigenvalue weighted by Gasteiger charge is -2.16. The van der Waals surface area contributed by atoms with Crippen molar-refractivity contribution in [2.75, 3.05) is 19.8 Å². The molecule has 13 heavy (non-hydrogen) atoms. The van der Waals surface area contributed by atoms with Crippen LogP contribution in [0.4, 0.5) is 0 Å². The van der Waals surface area contributed by atoms with E-state index in [0.29, 0.717) is 24.0 Å². The van der Waals surface area contributed by atoms with Gasteiger partial charge in [-0.2, -0.15) is 0 Å². The third kappa shape index (κ3) is 2.08. The van der Waals surface area contributed by atoms with E-state index in [-0.39, 0.29) is 25.7 Å². The first-order valence-electron chi connectivity index (χ1n) is 4.46. The van der Waals surface area contributed by atoms with Crippen LogP contribution in [-0.4, -0.2) is 46.4 Å². The zero-order valence-corrected chi connectivity index (χ0v) is 7.48. The molecule has 0 unspecified atom stereocenters. The second kappa shape index (κ2) is 4.72. The molecular weight excluding hydrogens is 172 g/mol. The molecule has 0 aromatic rings. The smallest absolute Gasteiger partial charge is 0.0648 e. The summed E-state index contributed by atoms with van der Waals surface area (Å²) in [5, 5.41) is 36.2. The van der Waals surface area contributed by atoms with Gasteiger partial charge < -0.3 is 20.4 Å². The van der Waals surface area contributed by atoms with Crippen LogP contribution in [0.1, 0.15) is 12.8 Å². The summed E-state index contributed by atoms with van der Waals surface area (Å²) in [7, 11) is 0. The highest BCUT2D eigenvalue weighted by molar-refractivity contribution is 5.26. The van der Waals surface area contributed by atoms with Crippen molar-refractivity contribution >= 4 is 0 Å². The van der Waals surface area contributed by atoms with Crippen molar-refractivity contribution in [3.05, 3.63) is 11.1 Å². The van der Waals surface area contributed by atoms with E-state index < -0.39 is 6.10 Å². The first kappa shape index (κ1) is 10.7. The number of rotatable bonds is 4. The second-order valence-corrected chi connectivity index (χ2v) is 3.34. The summed E-state index contributed by atoms with van der Waals surface area (Å²) >= 11 is 0. The fourth-order valence-electron chi connectivity index (χ4n) is 1.92. The standard InChI is InChI=1S/C9H16O4/c10-2-1-7-8(5-12)6(4-11)3-9(7)13/h7,9-13H,1-5H2/t7-,9-/m0/s1. The van der Waals surface area contributed by atoms with E-state index in [1.54, 1.807) is 0 Å². The summed E-state index contributed by atoms with van der Waals surface area (Å²) in [6, 6.07) is 0. The van der Waals surface area contributed by atoms with Gasteiger partial charge in [-0.1, -0.05) is 0 Å². The maximum atomic E-state index is 9.55. The maximum absolute atomic E-state index is 9.55. The first-order valence-corrected chi connectivity index (χ1v) is 4.46. The number of hydrogen-bond donors (Lipinski definition) is 4. The Kier molecular flexibility index (Phi) is 3.87. The van der Waals surface area contributed by atoms with Crippen LogP contribution in [0, 0.1) is 5.92 Å². The van der Waals surface area contributed by atoms with Crippen molar-refractivity contribution in [3.8, 4) is 0 Å². The summed E-state index contributed by atoms with van der Waals surface area (Å²) in [6.45, 7) is -0.267. The van der Waals surface area contributed by atoms with Gasteiger partial charge in [0, 0.05) is 12.5 Å². The van der Waals surface area contributed by atoms with Crippen LogP contribution in [0.5, 0.6) is 0 Å². The van der Waals surface area contributed by atoms with Gasteiger partial charge in [0.1, 0.15) is 0 Å². The Balaban J connectivity index is 2.75. The van der Waals surface area contributed by atoms with Gasteiger partial charge in [0.25, 0.3) is 0 Å². The minimum atomic E-state index is -0.559. The van der Waals surface area contributed by atoms with Crippen LogP contribution in [0.2, 0.25) is 0 Å². The van der Waals surface area contributed by atoms with E-state index in [1.807, 2.05) is 0 Å². The molecule has 0 amide bonds. The molecule has 1 aliphatic carbocycles. The van der Waals surface area contributed by atoms with Crippen molar-refractivity contribution in [1.82, 2.24) is 0 Å². The van der Waals surface area contributed by atoms with Gasteiger partial charge >= 0.3 is 0 Å². The van der Waals surface area contributed by atoms with Gasteiger partial charge in [-0.3, -0.25) is 0 Å². The Morgan fingerprint density at radius 3 is 2.31 bits per heavy atom. The molecule has 76 valence electrons. The molecule has 4 nitrogen and oxygen atoms in total. The normalized spacial score (nSPS) is 28.6. The topological polar surface area (TPSA) is 80.9 Å². The summed E-state index contributed by atoms with van der Waals surface area (Å²) in [5.74, 6) is -0.183. The summed E-state index contributed by atoms with van der Waals surface area (Å²) in [5.41, 5.74) is 1.41. The Morgan fingerprint density at radius 1 is 1.15 bits per heavy atom. The quantitative estimate of drug-likeness (QED) is 0.428. The van der Waals surface area contributed by atoms with Crippen molar-refractivity contribution < 1.29 is 20.4 Å². The van der Waals surface area contributed by atoms with Crippen LogP contribution in [0.3, 0.4) is 0 Å². The van der Waals surface area contributed by atoms with Gasteiger partial charge in [0.2, 0.25) is 0 Å². The highest BCUT2D eigenvalue weighted by atomic mass is 16.3. The van der Waals surface area contributed by atoms with Gasteiger partial charge in [-0.15, -0.1) is 0 Å². The van der Waals surface area contributed by atoms with E-state index in [4.69, 9.17) is 15.3 Å². The summed E-state index contributed by atoms with van der Waals surface area (Å²) in [6.07, 6.45) is 0.300. The molecule has 2 atom stereocenters. The maximum Gasteiger partial charge on any atom is 0.0648 e. The molecule has 0 saturated carbocycles. The molecule has 0 saturated heterocycles. The Hall–Kier alpha value is -0.420. The summed E-state index contributed by atoms with van der Waals surface area (Å²) < 4.78 is 0. The molecule has 1 rings (SSSR count). The molecule has 0 radical (unpaired) electrons. The second-order valence-electron chi connectivity index (χ2n) is 3.34. The molecule has 0 aliphatic heterocycles. The zero-order valence-electron chi connectivity index (χ0n) is 7.48. The fraction of sp³-hybridized carbons (Fsp3) is 0.778. The average Bonchev–Trinajstić information content (AvgIpc) is 2.44. The van der Waals surface area contributed by atoms with Crippen LogP contribution in [0.15, 0.2) is 11.1 Å². The van der Waals surface area contributed by atoms with Gasteiger partial charge in [0.15, 0.2) is 0 Å². The number of aliphatic hydroxyl groups excluding tert-OH is 4. The number of aliphatic hydroxyl groups is 4. The highest BCUT2D eigenvalue weighted by Gasteiger charge is 2.31. The molecule has 0 bridgehead atoms. The highest BCUT2D eigenvalue weighted by Crippen LogP contribution is 2.33. The zero-order chi connectivity index (χ0) is 9.84. The van der Waals surface area contributed by atoms with Crippen LogP contribution < -0.4 is 0 Å². The molecular formula is C9H16O4. The Morgan fingerprint density at radius 2 is 1.85 bits per heavy atom. The Bertz CT molecular complexity index is 200. The average molecular weight is 188 g/mol. The lowest BCUT2D eigenvalue weighted by Crippen LogP contribution is -2.19. The molecule has 0 fully saturated rings. The Labute approximate surface area is 77.1 Å². The molecule has 4 N–H and O–H groups in total. The van der Waals surface area contributed by atoms with E-state index in [2.05, 4.69) is 0 Å². The fourth-order valence-corrected chi connectivity index (χ4v) is 1.92. The predicted octanol–water partition coefficient (Wildman–Crippen LogP) is -0.969. The van der Waals surface area contributed by atoms with E-state index >= 15 is 0 Å². The van der Waals surface area contributed by atoms with Crippen molar-refractivity contribution in [3.63, 3.8) is 0 Å². The minimum Gasteiger partial charge on any atom is -0.396 e. The van der Waals surface area contributed by atoms with E-state index in [9.17, 15) is 5.11 Å². The molecule has 0 aromatic carbocycles. The molecule has 0 aromatic heterocycles. The van der Waals surface area contributed by atoms with Crippen molar-refractivity contribution in [1.29, 1.82) is 0 Å². The largest absolute Gasteiger partial charge is 0.396 e. The van der Waals surface area contributed by atoms with Crippen LogP contribution in [-0.2, 0) is 0 Å². The van der Waals surface area contributed by atoms with Crippen LogP contribution in [0.25, 0.3) is 0 Å². The van der Waals surface area contributed by atoms with E-state index in [1.165, 1.54) is 0 Å². The lowest BCUT2D eigenvalue weighted by atomic mass is 9.96. The molecule has 0 spiro atoms. The monoisotopic (exact) mass is 188 g/mol.